The Balaban J connectivity index is 2.49. The Morgan fingerprint density at radius 1 is 1.18 bits per heavy atom. The first-order valence-electron chi connectivity index (χ1n) is 5.20. The van der Waals surface area contributed by atoms with Crippen LogP contribution in [0.25, 0.3) is 0 Å². The fraction of sp³-hybridized carbons (Fsp3) is 0.154. The van der Waals surface area contributed by atoms with Crippen LogP contribution in [-0.4, -0.2) is 15.9 Å². The van der Waals surface area contributed by atoms with E-state index in [-0.39, 0.29) is 11.5 Å². The molecule has 4 nitrogen and oxygen atoms in total. The Bertz CT molecular complexity index is 556. The number of phenols is 2. The third kappa shape index (κ3) is 2.15. The second-order valence-electron chi connectivity index (χ2n) is 3.75. The molecule has 0 fully saturated rings. The van der Waals surface area contributed by atoms with Crippen molar-refractivity contribution in [1.29, 1.82) is 0 Å². The topological polar surface area (TPSA) is 66.0 Å². The van der Waals surface area contributed by atoms with Crippen LogP contribution in [0.3, 0.4) is 0 Å². The molecule has 0 atom stereocenters. The van der Waals surface area contributed by atoms with Crippen molar-refractivity contribution in [2.45, 2.75) is 13.8 Å². The van der Waals surface area contributed by atoms with E-state index in [0.29, 0.717) is 22.7 Å². The van der Waals surface area contributed by atoms with Crippen molar-refractivity contribution in [2.24, 2.45) is 4.99 Å². The zero-order valence-electron chi connectivity index (χ0n) is 9.64. The average Bonchev–Trinajstić information content (AvgIpc) is 2.83. The number of nitrogens with zero attached hydrogens (tertiary/aromatic N) is 1. The van der Waals surface area contributed by atoms with Crippen molar-refractivity contribution < 1.29 is 14.6 Å². The number of hydrogen-bond acceptors (Lipinski definition) is 4. The molecule has 17 heavy (non-hydrogen) atoms. The molecule has 2 aromatic rings. The summed E-state index contributed by atoms with van der Waals surface area (Å²) in [7, 11) is 0. The number of benzene rings is 1. The van der Waals surface area contributed by atoms with Crippen LogP contribution in [0.5, 0.6) is 11.5 Å². The van der Waals surface area contributed by atoms with Crippen LogP contribution in [0.4, 0.5) is 5.69 Å². The number of furan rings is 1. The van der Waals surface area contributed by atoms with Gasteiger partial charge in [-0.2, -0.15) is 0 Å². The van der Waals surface area contributed by atoms with Crippen molar-refractivity contribution in [1.82, 2.24) is 0 Å². The third-order valence-corrected chi connectivity index (χ3v) is 2.54. The van der Waals surface area contributed by atoms with E-state index >= 15 is 0 Å². The Labute approximate surface area is 98.9 Å². The molecule has 0 saturated heterocycles. The SMILES string of the molecule is CC(=Nc1c(O)ccc(O)c1C)c1ccco1. The van der Waals surface area contributed by atoms with Gasteiger partial charge in [0.05, 0.1) is 12.0 Å². The van der Waals surface area contributed by atoms with Crippen molar-refractivity contribution in [3.05, 3.63) is 41.9 Å². The first-order chi connectivity index (χ1) is 8.09. The summed E-state index contributed by atoms with van der Waals surface area (Å²) in [4.78, 5) is 4.27. The van der Waals surface area contributed by atoms with Crippen LogP contribution in [0.15, 0.2) is 39.9 Å². The van der Waals surface area contributed by atoms with E-state index < -0.39 is 0 Å². The highest BCUT2D eigenvalue weighted by Gasteiger charge is 2.09. The Morgan fingerprint density at radius 2 is 1.88 bits per heavy atom. The van der Waals surface area contributed by atoms with Gasteiger partial charge in [-0.25, -0.2) is 4.99 Å². The van der Waals surface area contributed by atoms with Gasteiger partial charge in [-0.1, -0.05) is 0 Å². The quantitative estimate of drug-likeness (QED) is 0.616. The molecule has 0 aliphatic rings. The lowest BCUT2D eigenvalue weighted by Crippen LogP contribution is -1.91. The van der Waals surface area contributed by atoms with Crippen LogP contribution >= 0.6 is 0 Å². The van der Waals surface area contributed by atoms with E-state index in [1.54, 1.807) is 32.2 Å². The molecule has 4 heteroatoms. The fourth-order valence-corrected chi connectivity index (χ4v) is 1.52. The molecule has 0 unspecified atom stereocenters. The predicted molar refractivity (Wildman–Crippen MR) is 65.1 cm³/mol. The molecule has 2 N–H and O–H groups in total. The molecule has 0 bridgehead atoms. The molecule has 0 radical (unpaired) electrons. The molecule has 88 valence electrons. The van der Waals surface area contributed by atoms with Gasteiger partial charge in [-0.3, -0.25) is 0 Å². The average molecular weight is 231 g/mol. The van der Waals surface area contributed by atoms with Crippen LogP contribution in [-0.2, 0) is 0 Å². The summed E-state index contributed by atoms with van der Waals surface area (Å²) in [5.74, 6) is 0.771. The summed E-state index contributed by atoms with van der Waals surface area (Å²) >= 11 is 0. The fourth-order valence-electron chi connectivity index (χ4n) is 1.52. The molecular weight excluding hydrogens is 218 g/mol. The Hall–Kier alpha value is -2.23. The molecule has 1 heterocycles. The first-order valence-corrected chi connectivity index (χ1v) is 5.20. The Morgan fingerprint density at radius 3 is 2.53 bits per heavy atom. The van der Waals surface area contributed by atoms with E-state index in [1.165, 1.54) is 12.1 Å². The Kier molecular flexibility index (Phi) is 2.87. The van der Waals surface area contributed by atoms with Crippen molar-refractivity contribution in [2.75, 3.05) is 0 Å². The summed E-state index contributed by atoms with van der Waals surface area (Å²) in [5, 5.41) is 19.3. The van der Waals surface area contributed by atoms with E-state index in [9.17, 15) is 10.2 Å². The van der Waals surface area contributed by atoms with Gasteiger partial charge in [0.2, 0.25) is 0 Å². The van der Waals surface area contributed by atoms with Gasteiger partial charge < -0.3 is 14.6 Å². The number of aliphatic imine (C=N–C) groups is 1. The van der Waals surface area contributed by atoms with E-state index in [2.05, 4.69) is 4.99 Å². The van der Waals surface area contributed by atoms with Gasteiger partial charge in [0.1, 0.15) is 22.9 Å². The zero-order valence-corrected chi connectivity index (χ0v) is 9.64. The molecule has 0 amide bonds. The summed E-state index contributed by atoms with van der Waals surface area (Å²) in [5.41, 5.74) is 1.54. The minimum atomic E-state index is 0.0335. The first kappa shape index (κ1) is 11.3. The minimum Gasteiger partial charge on any atom is -0.508 e. The van der Waals surface area contributed by atoms with Crippen molar-refractivity contribution in [3.8, 4) is 11.5 Å². The number of hydrogen-bond donors (Lipinski definition) is 2. The van der Waals surface area contributed by atoms with Gasteiger partial charge in [-0.05, 0) is 38.1 Å². The number of phenolic OH excluding ortho intramolecular Hbond substituents is 2. The summed E-state index contributed by atoms with van der Waals surface area (Å²) in [6, 6.07) is 6.40. The maximum absolute atomic E-state index is 9.71. The molecule has 0 aliphatic carbocycles. The highest BCUT2D eigenvalue weighted by molar-refractivity contribution is 5.98. The zero-order chi connectivity index (χ0) is 12.4. The molecule has 1 aromatic carbocycles. The molecule has 2 rings (SSSR count). The summed E-state index contributed by atoms with van der Waals surface area (Å²) in [6.07, 6.45) is 1.56. The predicted octanol–water partition coefficient (Wildman–Crippen LogP) is 3.14. The number of aromatic hydroxyl groups is 2. The lowest BCUT2D eigenvalue weighted by molar-refractivity contribution is 0.458. The van der Waals surface area contributed by atoms with E-state index in [4.69, 9.17) is 4.42 Å². The molecule has 0 aliphatic heterocycles. The maximum atomic E-state index is 9.71. The normalized spacial score (nSPS) is 11.8. The van der Waals surface area contributed by atoms with Crippen LogP contribution in [0, 0.1) is 6.92 Å². The largest absolute Gasteiger partial charge is 0.508 e. The van der Waals surface area contributed by atoms with Gasteiger partial charge in [0.25, 0.3) is 0 Å². The smallest absolute Gasteiger partial charge is 0.147 e. The molecule has 0 spiro atoms. The van der Waals surface area contributed by atoms with Gasteiger partial charge in [-0.15, -0.1) is 0 Å². The minimum absolute atomic E-state index is 0.0335. The van der Waals surface area contributed by atoms with E-state index in [1.807, 2.05) is 0 Å². The monoisotopic (exact) mass is 231 g/mol. The van der Waals surface area contributed by atoms with Crippen molar-refractivity contribution in [3.63, 3.8) is 0 Å². The highest BCUT2D eigenvalue weighted by Crippen LogP contribution is 2.35. The van der Waals surface area contributed by atoms with Crippen LogP contribution in [0.2, 0.25) is 0 Å². The second-order valence-corrected chi connectivity index (χ2v) is 3.75. The van der Waals surface area contributed by atoms with Crippen molar-refractivity contribution >= 4 is 11.4 Å². The second kappa shape index (κ2) is 4.33. The van der Waals surface area contributed by atoms with Gasteiger partial charge >= 0.3 is 0 Å². The van der Waals surface area contributed by atoms with Crippen LogP contribution in [0.1, 0.15) is 18.2 Å². The lowest BCUT2D eigenvalue weighted by atomic mass is 10.1. The standard InChI is InChI=1S/C13H13NO3/c1-8-10(15)5-6-11(16)13(8)14-9(2)12-4-3-7-17-12/h3-7,15-16H,1-2H3. The summed E-state index contributed by atoms with van der Waals surface area (Å²) in [6.45, 7) is 3.48. The molecular formula is C13H13NO3. The van der Waals surface area contributed by atoms with Gasteiger partial charge in [0.15, 0.2) is 0 Å². The molecule has 0 saturated carbocycles. The lowest BCUT2D eigenvalue weighted by Gasteiger charge is -2.06. The molecule has 1 aromatic heterocycles. The van der Waals surface area contributed by atoms with Crippen LogP contribution < -0.4 is 0 Å². The van der Waals surface area contributed by atoms with Gasteiger partial charge in [0, 0.05) is 5.56 Å². The summed E-state index contributed by atoms with van der Waals surface area (Å²) < 4.78 is 5.20. The number of rotatable bonds is 2. The maximum Gasteiger partial charge on any atom is 0.147 e. The highest BCUT2D eigenvalue weighted by atomic mass is 16.3. The third-order valence-electron chi connectivity index (χ3n) is 2.54. The van der Waals surface area contributed by atoms with E-state index in [0.717, 1.165) is 0 Å².